The second-order valence-corrected chi connectivity index (χ2v) is 11.4. The van der Waals surface area contributed by atoms with Crippen molar-refractivity contribution in [3.05, 3.63) is 89.6 Å². The lowest BCUT2D eigenvalue weighted by Gasteiger charge is -2.36. The lowest BCUT2D eigenvalue weighted by atomic mass is 9.99. The third-order valence-electron chi connectivity index (χ3n) is 8.35. The third kappa shape index (κ3) is 6.43. The van der Waals surface area contributed by atoms with Gasteiger partial charge in [0.15, 0.2) is 0 Å². The fourth-order valence-corrected chi connectivity index (χ4v) is 6.16. The van der Waals surface area contributed by atoms with Crippen LogP contribution in [0.25, 0.3) is 10.9 Å². The Labute approximate surface area is 251 Å². The molecule has 2 aromatic heterocycles. The van der Waals surface area contributed by atoms with Crippen molar-refractivity contribution in [2.45, 2.75) is 64.1 Å². The number of hydrogen-bond acceptors (Lipinski definition) is 6. The molecule has 10 nitrogen and oxygen atoms in total. The van der Waals surface area contributed by atoms with E-state index >= 15 is 0 Å². The van der Waals surface area contributed by atoms with Crippen LogP contribution in [-0.4, -0.2) is 72.9 Å². The zero-order valence-corrected chi connectivity index (χ0v) is 24.5. The maximum Gasteiger partial charge on any atom is 0.272 e. The lowest BCUT2D eigenvalue weighted by Crippen LogP contribution is -2.53. The number of benzene rings is 2. The van der Waals surface area contributed by atoms with Gasteiger partial charge in [0.1, 0.15) is 23.4 Å². The first-order chi connectivity index (χ1) is 21.0. The van der Waals surface area contributed by atoms with Crippen molar-refractivity contribution in [3.8, 4) is 0 Å². The highest BCUT2D eigenvalue weighted by molar-refractivity contribution is 5.95. The number of nitrogens with zero attached hydrogens (tertiary/aromatic N) is 6. The Kier molecular flexibility index (Phi) is 8.44. The van der Waals surface area contributed by atoms with Crippen LogP contribution in [0.5, 0.6) is 0 Å². The number of aryl methyl sites for hydroxylation is 1. The van der Waals surface area contributed by atoms with Gasteiger partial charge >= 0.3 is 0 Å². The molecule has 0 saturated carbocycles. The van der Waals surface area contributed by atoms with Crippen LogP contribution in [0.1, 0.15) is 65.8 Å². The highest BCUT2D eigenvalue weighted by Crippen LogP contribution is 2.23. The quantitative estimate of drug-likeness (QED) is 0.395. The minimum atomic E-state index is -0.528. The van der Waals surface area contributed by atoms with Gasteiger partial charge in [-0.25, -0.2) is 14.6 Å². The Balaban J connectivity index is 1.34. The number of para-hydroxylation sites is 1. The van der Waals surface area contributed by atoms with Crippen molar-refractivity contribution in [2.75, 3.05) is 19.6 Å². The normalized spacial score (nSPS) is 20.2. The van der Waals surface area contributed by atoms with Gasteiger partial charge in [-0.1, -0.05) is 54.6 Å². The minimum Gasteiger partial charge on any atom is -0.344 e. The fraction of sp³-hybridized carbons (Fsp3) is 0.394. The van der Waals surface area contributed by atoms with E-state index in [0.717, 1.165) is 29.3 Å². The van der Waals surface area contributed by atoms with E-state index in [0.29, 0.717) is 62.8 Å². The zero-order valence-electron chi connectivity index (χ0n) is 24.5. The van der Waals surface area contributed by atoms with Gasteiger partial charge in [0.2, 0.25) is 11.8 Å². The van der Waals surface area contributed by atoms with Crippen LogP contribution in [0.4, 0.5) is 0 Å². The number of hydrogen-bond donors (Lipinski definition) is 1. The number of fused-ring (bicyclic) bond motifs is 3. The first kappa shape index (κ1) is 28.5. The standard InChI is InChI=1S/C33H37N7O3/c1-23-34-31-28(22-24-10-3-2-4-11-24)36-32(42)29-14-7-8-19-39(29)30(41)15-9-18-38(20-21-40(31)37-23)33(43)27-17-16-25-12-5-6-13-26(25)35-27/h2-6,10-13,16-17,28-29H,7-9,14-15,18-22H2,1H3,(H,36,42)/t28-,29+/m1/s1. The predicted octanol–water partition coefficient (Wildman–Crippen LogP) is 3.85. The van der Waals surface area contributed by atoms with Crippen LogP contribution in [0.2, 0.25) is 0 Å². The van der Waals surface area contributed by atoms with Crippen LogP contribution in [0.3, 0.4) is 0 Å². The minimum absolute atomic E-state index is 0.0493. The molecule has 6 rings (SSSR count). The first-order valence-electron chi connectivity index (χ1n) is 15.2. The number of carbonyl (C=O) groups excluding carboxylic acids is 3. The molecule has 1 fully saturated rings. The van der Waals surface area contributed by atoms with E-state index in [1.807, 2.05) is 72.3 Å². The number of piperidine rings is 1. The molecule has 1 N–H and O–H groups in total. The molecule has 0 bridgehead atoms. The maximum absolute atomic E-state index is 13.8. The summed E-state index contributed by atoms with van der Waals surface area (Å²) >= 11 is 0. The van der Waals surface area contributed by atoms with Crippen LogP contribution in [-0.2, 0) is 22.6 Å². The van der Waals surface area contributed by atoms with Crippen molar-refractivity contribution in [1.82, 2.24) is 34.9 Å². The molecule has 0 radical (unpaired) electrons. The van der Waals surface area contributed by atoms with Gasteiger partial charge in [0.05, 0.1) is 18.1 Å². The second-order valence-electron chi connectivity index (χ2n) is 11.4. The number of rotatable bonds is 3. The number of aromatic nitrogens is 4. The molecular formula is C33H37N7O3. The van der Waals surface area contributed by atoms with Crippen molar-refractivity contribution < 1.29 is 14.4 Å². The Morgan fingerprint density at radius 2 is 1.70 bits per heavy atom. The van der Waals surface area contributed by atoms with Crippen LogP contribution in [0, 0.1) is 6.92 Å². The summed E-state index contributed by atoms with van der Waals surface area (Å²) in [5.41, 5.74) is 2.18. The summed E-state index contributed by atoms with van der Waals surface area (Å²) in [4.78, 5) is 53.9. The topological polar surface area (TPSA) is 113 Å². The molecule has 4 heterocycles. The van der Waals surface area contributed by atoms with Crippen molar-refractivity contribution in [2.24, 2.45) is 0 Å². The van der Waals surface area contributed by atoms with Crippen molar-refractivity contribution in [3.63, 3.8) is 0 Å². The highest BCUT2D eigenvalue weighted by atomic mass is 16.2. The third-order valence-corrected chi connectivity index (χ3v) is 8.35. The highest BCUT2D eigenvalue weighted by Gasteiger charge is 2.34. The van der Waals surface area contributed by atoms with Gasteiger partial charge in [-0.3, -0.25) is 14.4 Å². The molecule has 2 atom stereocenters. The summed E-state index contributed by atoms with van der Waals surface area (Å²) in [5.74, 6) is 0.838. The summed E-state index contributed by atoms with van der Waals surface area (Å²) in [6.07, 6.45) is 3.66. The Bertz CT molecular complexity index is 1620. The number of pyridine rings is 1. The SMILES string of the molecule is Cc1nc2n(n1)CCN(C(=O)c1ccc3ccccc3n1)CCCC(=O)N1CCCC[C@H]1C(=O)N[C@@H]2Cc1ccccc1. The molecule has 3 amide bonds. The van der Waals surface area contributed by atoms with Gasteiger partial charge in [-0.2, -0.15) is 5.10 Å². The number of carbonyl (C=O) groups is 3. The Hall–Kier alpha value is -4.60. The summed E-state index contributed by atoms with van der Waals surface area (Å²) < 4.78 is 1.81. The van der Waals surface area contributed by atoms with E-state index in [2.05, 4.69) is 15.4 Å². The summed E-state index contributed by atoms with van der Waals surface area (Å²) in [6, 6.07) is 20.4. The molecule has 0 unspecified atom stereocenters. The lowest BCUT2D eigenvalue weighted by molar-refractivity contribution is -0.142. The van der Waals surface area contributed by atoms with E-state index in [1.54, 1.807) is 15.9 Å². The van der Waals surface area contributed by atoms with Gasteiger partial charge in [0, 0.05) is 31.4 Å². The van der Waals surface area contributed by atoms with E-state index in [4.69, 9.17) is 4.98 Å². The smallest absolute Gasteiger partial charge is 0.272 e. The molecular weight excluding hydrogens is 542 g/mol. The number of amides is 3. The second kappa shape index (κ2) is 12.7. The summed E-state index contributed by atoms with van der Waals surface area (Å²) in [6.45, 7) is 3.52. The van der Waals surface area contributed by atoms with E-state index in [-0.39, 0.29) is 24.1 Å². The Morgan fingerprint density at radius 3 is 2.56 bits per heavy atom. The molecule has 10 heteroatoms. The van der Waals surface area contributed by atoms with Crippen molar-refractivity contribution in [1.29, 1.82) is 0 Å². The molecule has 4 aromatic rings. The van der Waals surface area contributed by atoms with E-state index < -0.39 is 12.1 Å². The van der Waals surface area contributed by atoms with Crippen LogP contribution < -0.4 is 5.32 Å². The number of nitrogens with one attached hydrogen (secondary N) is 1. The molecule has 0 aliphatic carbocycles. The van der Waals surface area contributed by atoms with Crippen molar-refractivity contribution >= 4 is 28.6 Å². The zero-order chi connectivity index (χ0) is 29.8. The molecule has 222 valence electrons. The molecule has 2 aliphatic heterocycles. The van der Waals surface area contributed by atoms with Gasteiger partial charge in [0.25, 0.3) is 5.91 Å². The average molecular weight is 580 g/mol. The summed E-state index contributed by atoms with van der Waals surface area (Å²) in [5, 5.41) is 8.88. The van der Waals surface area contributed by atoms with Gasteiger partial charge in [-0.05, 0) is 56.7 Å². The molecule has 1 saturated heterocycles. The summed E-state index contributed by atoms with van der Waals surface area (Å²) in [7, 11) is 0. The predicted molar refractivity (Wildman–Crippen MR) is 162 cm³/mol. The van der Waals surface area contributed by atoms with E-state index in [1.165, 1.54) is 0 Å². The van der Waals surface area contributed by atoms with Gasteiger partial charge < -0.3 is 15.1 Å². The molecule has 2 aliphatic rings. The average Bonchev–Trinajstić information content (AvgIpc) is 3.41. The Morgan fingerprint density at radius 1 is 0.884 bits per heavy atom. The molecule has 0 spiro atoms. The molecule has 2 aromatic carbocycles. The molecule has 43 heavy (non-hydrogen) atoms. The fourth-order valence-electron chi connectivity index (χ4n) is 6.16. The first-order valence-corrected chi connectivity index (χ1v) is 15.2. The largest absolute Gasteiger partial charge is 0.344 e. The van der Waals surface area contributed by atoms with Crippen LogP contribution in [0.15, 0.2) is 66.7 Å². The van der Waals surface area contributed by atoms with Crippen LogP contribution >= 0.6 is 0 Å². The monoisotopic (exact) mass is 579 g/mol. The maximum atomic E-state index is 13.8. The van der Waals surface area contributed by atoms with Gasteiger partial charge in [-0.15, -0.1) is 0 Å². The van der Waals surface area contributed by atoms with E-state index in [9.17, 15) is 14.4 Å².